The Morgan fingerprint density at radius 3 is 2.40 bits per heavy atom. The minimum absolute atomic E-state index is 0.00696. The van der Waals surface area contributed by atoms with Gasteiger partial charge in [0.05, 0.1) is 6.61 Å². The van der Waals surface area contributed by atoms with Crippen LogP contribution in [-0.2, 0) is 25.7 Å². The SMILES string of the molecule is CCOC(=O)CN(CC)C(=O)CCCC1CCN(C(=O)OCc2ccccc2)CC1. The Kier molecular flexibility index (Phi) is 10.2. The van der Waals surface area contributed by atoms with E-state index in [-0.39, 0.29) is 24.5 Å². The predicted octanol–water partition coefficient (Wildman–Crippen LogP) is 3.62. The highest BCUT2D eigenvalue weighted by atomic mass is 16.6. The molecule has 2 rings (SSSR count). The van der Waals surface area contributed by atoms with Crippen LogP contribution >= 0.6 is 0 Å². The number of likely N-dealkylation sites (tertiary alicyclic amines) is 1. The van der Waals surface area contributed by atoms with Crippen molar-refractivity contribution in [1.82, 2.24) is 9.80 Å². The maximum absolute atomic E-state index is 12.3. The first-order valence-corrected chi connectivity index (χ1v) is 10.9. The van der Waals surface area contributed by atoms with Gasteiger partial charge < -0.3 is 19.3 Å². The van der Waals surface area contributed by atoms with Gasteiger partial charge in [0.15, 0.2) is 0 Å². The van der Waals surface area contributed by atoms with Crippen LogP contribution < -0.4 is 0 Å². The highest BCUT2D eigenvalue weighted by Crippen LogP contribution is 2.23. The molecule has 0 radical (unpaired) electrons. The molecule has 0 aromatic heterocycles. The van der Waals surface area contributed by atoms with Crippen LogP contribution in [0.5, 0.6) is 0 Å². The first kappa shape index (κ1) is 23.7. The van der Waals surface area contributed by atoms with Gasteiger partial charge in [0.25, 0.3) is 0 Å². The van der Waals surface area contributed by atoms with E-state index in [9.17, 15) is 14.4 Å². The van der Waals surface area contributed by atoms with E-state index >= 15 is 0 Å². The first-order chi connectivity index (χ1) is 14.5. The van der Waals surface area contributed by atoms with E-state index in [1.54, 1.807) is 16.7 Å². The molecule has 0 N–H and O–H groups in total. The van der Waals surface area contributed by atoms with Crippen LogP contribution in [0.3, 0.4) is 0 Å². The van der Waals surface area contributed by atoms with Crippen LogP contribution in [-0.4, -0.2) is 60.6 Å². The van der Waals surface area contributed by atoms with Crippen molar-refractivity contribution >= 4 is 18.0 Å². The number of nitrogens with zero attached hydrogens (tertiary/aromatic N) is 2. The molecule has 2 amide bonds. The molecule has 7 nitrogen and oxygen atoms in total. The number of rotatable bonds is 10. The van der Waals surface area contributed by atoms with Gasteiger partial charge in [-0.3, -0.25) is 9.59 Å². The van der Waals surface area contributed by atoms with Gasteiger partial charge in [0.1, 0.15) is 13.2 Å². The van der Waals surface area contributed by atoms with Crippen LogP contribution in [0.4, 0.5) is 4.79 Å². The van der Waals surface area contributed by atoms with Gasteiger partial charge >= 0.3 is 12.1 Å². The number of hydrogen-bond donors (Lipinski definition) is 0. The second-order valence-corrected chi connectivity index (χ2v) is 7.58. The van der Waals surface area contributed by atoms with E-state index in [4.69, 9.17) is 9.47 Å². The molecule has 0 saturated carbocycles. The molecule has 1 fully saturated rings. The van der Waals surface area contributed by atoms with Crippen LogP contribution in [0, 0.1) is 5.92 Å². The van der Waals surface area contributed by atoms with Crippen molar-refractivity contribution in [3.63, 3.8) is 0 Å². The van der Waals surface area contributed by atoms with Gasteiger partial charge in [0, 0.05) is 26.1 Å². The fourth-order valence-electron chi connectivity index (χ4n) is 3.65. The molecule has 0 bridgehead atoms. The van der Waals surface area contributed by atoms with Crippen LogP contribution in [0.25, 0.3) is 0 Å². The Bertz CT molecular complexity index is 671. The summed E-state index contributed by atoms with van der Waals surface area (Å²) in [6.07, 6.45) is 3.78. The fourth-order valence-corrected chi connectivity index (χ4v) is 3.65. The van der Waals surface area contributed by atoms with Crippen molar-refractivity contribution in [3.8, 4) is 0 Å². The summed E-state index contributed by atoms with van der Waals surface area (Å²) in [4.78, 5) is 39.5. The normalized spacial score (nSPS) is 14.3. The van der Waals surface area contributed by atoms with Gasteiger partial charge in [-0.15, -0.1) is 0 Å². The van der Waals surface area contributed by atoms with E-state index in [0.29, 0.717) is 45.2 Å². The summed E-state index contributed by atoms with van der Waals surface area (Å²) in [5.74, 6) is 0.141. The number of esters is 1. The van der Waals surface area contributed by atoms with E-state index in [1.165, 1.54) is 0 Å². The third kappa shape index (κ3) is 8.05. The quantitative estimate of drug-likeness (QED) is 0.543. The summed E-state index contributed by atoms with van der Waals surface area (Å²) in [5, 5.41) is 0. The molecule has 1 heterocycles. The average Bonchev–Trinajstić information content (AvgIpc) is 2.77. The summed E-state index contributed by atoms with van der Waals surface area (Å²) in [6.45, 7) is 6.14. The molecule has 0 atom stereocenters. The summed E-state index contributed by atoms with van der Waals surface area (Å²) >= 11 is 0. The van der Waals surface area contributed by atoms with Gasteiger partial charge in [-0.05, 0) is 51.0 Å². The number of hydrogen-bond acceptors (Lipinski definition) is 5. The summed E-state index contributed by atoms with van der Waals surface area (Å²) < 4.78 is 10.3. The largest absolute Gasteiger partial charge is 0.465 e. The molecule has 30 heavy (non-hydrogen) atoms. The van der Waals surface area contributed by atoms with Crippen LogP contribution in [0.1, 0.15) is 51.5 Å². The summed E-state index contributed by atoms with van der Waals surface area (Å²) in [5.41, 5.74) is 0.981. The van der Waals surface area contributed by atoms with Gasteiger partial charge in [0.2, 0.25) is 5.91 Å². The third-order valence-corrected chi connectivity index (χ3v) is 5.44. The number of amides is 2. The minimum atomic E-state index is -0.362. The number of piperidine rings is 1. The molecular weight excluding hydrogens is 384 g/mol. The molecule has 0 spiro atoms. The molecule has 1 aliphatic heterocycles. The van der Waals surface area contributed by atoms with Crippen molar-refractivity contribution in [2.24, 2.45) is 5.92 Å². The molecular formula is C23H34N2O5. The summed E-state index contributed by atoms with van der Waals surface area (Å²) in [7, 11) is 0. The minimum Gasteiger partial charge on any atom is -0.465 e. The molecule has 0 unspecified atom stereocenters. The lowest BCUT2D eigenvalue weighted by molar-refractivity contribution is -0.148. The highest BCUT2D eigenvalue weighted by molar-refractivity contribution is 5.82. The lowest BCUT2D eigenvalue weighted by Gasteiger charge is -2.31. The topological polar surface area (TPSA) is 76.2 Å². The smallest absolute Gasteiger partial charge is 0.410 e. The lowest BCUT2D eigenvalue weighted by Crippen LogP contribution is -2.39. The van der Waals surface area contributed by atoms with Crippen molar-refractivity contribution in [2.45, 2.75) is 52.6 Å². The molecule has 1 aromatic carbocycles. The monoisotopic (exact) mass is 418 g/mol. The number of likely N-dealkylation sites (N-methyl/N-ethyl adjacent to an activating group) is 1. The second kappa shape index (κ2) is 12.9. The maximum Gasteiger partial charge on any atom is 0.410 e. The van der Waals surface area contributed by atoms with Crippen molar-refractivity contribution in [3.05, 3.63) is 35.9 Å². The zero-order chi connectivity index (χ0) is 21.8. The number of carbonyl (C=O) groups excluding carboxylic acids is 3. The molecule has 166 valence electrons. The molecule has 1 aliphatic rings. The maximum atomic E-state index is 12.3. The molecule has 1 aromatic rings. The van der Waals surface area contributed by atoms with E-state index in [0.717, 1.165) is 31.2 Å². The van der Waals surface area contributed by atoms with Gasteiger partial charge in [-0.25, -0.2) is 4.79 Å². The van der Waals surface area contributed by atoms with Crippen molar-refractivity contribution in [1.29, 1.82) is 0 Å². The number of ether oxygens (including phenoxy) is 2. The predicted molar refractivity (Wildman–Crippen MR) is 114 cm³/mol. The second-order valence-electron chi connectivity index (χ2n) is 7.58. The Hall–Kier alpha value is -2.57. The van der Waals surface area contributed by atoms with Crippen molar-refractivity contribution < 1.29 is 23.9 Å². The zero-order valence-electron chi connectivity index (χ0n) is 18.2. The third-order valence-electron chi connectivity index (χ3n) is 5.44. The van der Waals surface area contributed by atoms with Crippen LogP contribution in [0.15, 0.2) is 30.3 Å². The van der Waals surface area contributed by atoms with E-state index in [1.807, 2.05) is 37.3 Å². The highest BCUT2D eigenvalue weighted by Gasteiger charge is 2.24. The van der Waals surface area contributed by atoms with Gasteiger partial charge in [-0.2, -0.15) is 0 Å². The van der Waals surface area contributed by atoms with E-state index < -0.39 is 0 Å². The fraction of sp³-hybridized carbons (Fsp3) is 0.609. The van der Waals surface area contributed by atoms with Gasteiger partial charge in [-0.1, -0.05) is 30.3 Å². The standard InChI is InChI=1S/C23H34N2O5/c1-3-24(17-22(27)29-4-2)21(26)12-8-11-19-13-15-25(16-14-19)23(28)30-18-20-9-6-5-7-10-20/h5-7,9-10,19H,3-4,8,11-18H2,1-2H3. The molecule has 1 saturated heterocycles. The number of carbonyl (C=O) groups is 3. The Labute approximate surface area is 179 Å². The Morgan fingerprint density at radius 2 is 1.77 bits per heavy atom. The zero-order valence-corrected chi connectivity index (χ0v) is 18.2. The first-order valence-electron chi connectivity index (χ1n) is 10.9. The Morgan fingerprint density at radius 1 is 1.07 bits per heavy atom. The number of benzene rings is 1. The summed E-state index contributed by atoms with van der Waals surface area (Å²) in [6, 6.07) is 9.66. The molecule has 7 heteroatoms. The molecule has 0 aliphatic carbocycles. The van der Waals surface area contributed by atoms with Crippen molar-refractivity contribution in [2.75, 3.05) is 32.8 Å². The van der Waals surface area contributed by atoms with E-state index in [2.05, 4.69) is 0 Å². The average molecular weight is 419 g/mol. The van der Waals surface area contributed by atoms with Crippen LogP contribution in [0.2, 0.25) is 0 Å². The lowest BCUT2D eigenvalue weighted by atomic mass is 9.91. The Balaban J connectivity index is 1.62.